The summed E-state index contributed by atoms with van der Waals surface area (Å²) >= 11 is 0. The molecule has 17 nitrogen and oxygen atoms in total. The van der Waals surface area contributed by atoms with Crippen LogP contribution in [0.3, 0.4) is 0 Å². The van der Waals surface area contributed by atoms with E-state index in [9.17, 15) is 43.2 Å². The minimum Gasteiger partial charge on any atom is -0.462 e. The first-order valence-electron chi connectivity index (χ1n) is 38.2. The second-order valence-electron chi connectivity index (χ2n) is 27.8. The molecule has 0 aromatic carbocycles. The molecule has 5 atom stereocenters. The van der Waals surface area contributed by atoms with E-state index in [1.807, 2.05) is 0 Å². The number of rotatable bonds is 71. The largest absolute Gasteiger partial charge is 0.472 e. The van der Waals surface area contributed by atoms with Crippen LogP contribution in [0.1, 0.15) is 357 Å². The van der Waals surface area contributed by atoms with E-state index in [-0.39, 0.29) is 25.7 Å². The predicted molar refractivity (Wildman–Crippen MR) is 381 cm³/mol. The molecule has 0 spiro atoms. The van der Waals surface area contributed by atoms with Crippen molar-refractivity contribution in [3.05, 3.63) is 24.3 Å². The van der Waals surface area contributed by atoms with Crippen molar-refractivity contribution in [2.75, 3.05) is 39.6 Å². The average molecular weight is 1380 g/mol. The number of aliphatic hydroxyl groups excluding tert-OH is 1. The van der Waals surface area contributed by atoms with Crippen LogP contribution in [0.15, 0.2) is 24.3 Å². The molecule has 0 heterocycles. The first-order valence-corrected chi connectivity index (χ1v) is 41.2. The number of carbonyl (C=O) groups is 4. The summed E-state index contributed by atoms with van der Waals surface area (Å²) < 4.78 is 68.4. The molecule has 0 aliphatic heterocycles. The highest BCUT2D eigenvalue weighted by Gasteiger charge is 2.30. The van der Waals surface area contributed by atoms with Gasteiger partial charge in [0.15, 0.2) is 12.2 Å². The number of phosphoric acid groups is 2. The van der Waals surface area contributed by atoms with Gasteiger partial charge in [-0.2, -0.15) is 0 Å². The quantitative estimate of drug-likeness (QED) is 0.0169. The van der Waals surface area contributed by atoms with Crippen LogP contribution in [-0.4, -0.2) is 96.7 Å². The Morgan fingerprint density at radius 2 is 0.574 bits per heavy atom. The van der Waals surface area contributed by atoms with Crippen LogP contribution in [0.5, 0.6) is 0 Å². The third-order valence-corrected chi connectivity index (χ3v) is 18.7. The van der Waals surface area contributed by atoms with Gasteiger partial charge in [-0.05, 0) is 69.1 Å². The van der Waals surface area contributed by atoms with Gasteiger partial charge in [0.25, 0.3) is 0 Å². The molecule has 0 aliphatic rings. The molecule has 0 aliphatic carbocycles. The van der Waals surface area contributed by atoms with E-state index in [1.165, 1.54) is 148 Å². The number of esters is 4. The molecule has 0 saturated carbocycles. The van der Waals surface area contributed by atoms with Gasteiger partial charge in [-0.1, -0.05) is 304 Å². The lowest BCUT2D eigenvalue weighted by atomic mass is 10.0. The molecule has 2 unspecified atom stereocenters. The van der Waals surface area contributed by atoms with Crippen LogP contribution in [-0.2, 0) is 65.4 Å². The normalized spacial score (nSPS) is 14.3. The highest BCUT2D eigenvalue weighted by molar-refractivity contribution is 7.47. The van der Waals surface area contributed by atoms with Gasteiger partial charge in [0.2, 0.25) is 0 Å². The van der Waals surface area contributed by atoms with Gasteiger partial charge in [0.1, 0.15) is 19.3 Å². The number of phosphoric ester groups is 2. The number of hydrogen-bond acceptors (Lipinski definition) is 15. The maximum Gasteiger partial charge on any atom is 0.472 e. The van der Waals surface area contributed by atoms with Crippen LogP contribution in [0.4, 0.5) is 0 Å². The van der Waals surface area contributed by atoms with Crippen molar-refractivity contribution in [3.63, 3.8) is 0 Å². The summed E-state index contributed by atoms with van der Waals surface area (Å²) in [7, 11) is -9.92. The summed E-state index contributed by atoms with van der Waals surface area (Å²) in [6.45, 7) is 11.8. The molecule has 0 amide bonds. The minimum atomic E-state index is -4.96. The van der Waals surface area contributed by atoms with Crippen molar-refractivity contribution >= 4 is 39.5 Å². The zero-order valence-corrected chi connectivity index (χ0v) is 62.7. The predicted octanol–water partition coefficient (Wildman–Crippen LogP) is 21.3. The molecule has 0 aromatic rings. The molecular weight excluding hydrogens is 1230 g/mol. The van der Waals surface area contributed by atoms with Gasteiger partial charge in [-0.3, -0.25) is 37.3 Å². The van der Waals surface area contributed by atoms with Gasteiger partial charge in [0, 0.05) is 25.7 Å². The lowest BCUT2D eigenvalue weighted by Gasteiger charge is -2.21. The Hall–Kier alpha value is -2.46. The lowest BCUT2D eigenvalue weighted by Crippen LogP contribution is -2.30. The van der Waals surface area contributed by atoms with Crippen LogP contribution in [0.25, 0.3) is 0 Å². The molecule has 554 valence electrons. The fraction of sp³-hybridized carbons (Fsp3) is 0.893. The highest BCUT2D eigenvalue weighted by Crippen LogP contribution is 2.45. The van der Waals surface area contributed by atoms with Gasteiger partial charge < -0.3 is 33.8 Å². The summed E-state index contributed by atoms with van der Waals surface area (Å²) in [5.74, 6) is 0.0809. The zero-order valence-electron chi connectivity index (χ0n) is 60.9. The van der Waals surface area contributed by atoms with E-state index in [0.717, 1.165) is 121 Å². The van der Waals surface area contributed by atoms with Crippen LogP contribution in [0, 0.1) is 17.8 Å². The number of hydrogen-bond donors (Lipinski definition) is 3. The Bertz CT molecular complexity index is 1930. The van der Waals surface area contributed by atoms with E-state index >= 15 is 0 Å². The number of carbonyl (C=O) groups excluding carboxylic acids is 4. The molecule has 0 saturated heterocycles. The first kappa shape index (κ1) is 91.5. The molecule has 0 rings (SSSR count). The van der Waals surface area contributed by atoms with Gasteiger partial charge >= 0.3 is 39.5 Å². The standard InChI is InChI=1S/C75H142O17P2/c1-8-9-10-11-12-13-14-15-16-17-25-30-35-44-51-58-74(79)91-70(62-85-72(77)56-49-42-34-29-24-20-18-22-27-32-39-46-53-66(2)3)64-89-93(81,82)87-60-69(76)61-88-94(83,84)90-65-71(63-86-73(78)57-50-43-38-37-41-48-55-68(6)7)92-75(80)59-52-45-36-31-26-21-19-23-28-33-40-47-54-67(4)5/h13-16,66-71,76H,8-12,17-65H2,1-7H3,(H,81,82)(H,83,84)/b14-13-,16-15-/t69-,70-,71-/m1/s1. The van der Waals surface area contributed by atoms with Gasteiger partial charge in [0.05, 0.1) is 26.4 Å². The SMILES string of the molecule is CCCCCC/C=C\C=C/CCCCCCCC(=O)O[C@H](COC(=O)CCCCCCCCCCCCCCC(C)C)COP(=O)(O)OC[C@@H](O)COP(=O)(O)OC[C@@H](COC(=O)CCCCCCCCC(C)C)OC(=O)CCCCCCCCCCCCCCC(C)C. The van der Waals surface area contributed by atoms with Crippen LogP contribution in [0.2, 0.25) is 0 Å². The maximum atomic E-state index is 13.1. The van der Waals surface area contributed by atoms with Crippen molar-refractivity contribution in [3.8, 4) is 0 Å². The molecule has 3 N–H and O–H groups in total. The fourth-order valence-corrected chi connectivity index (χ4v) is 12.5. The Balaban J connectivity index is 5.28. The van der Waals surface area contributed by atoms with Gasteiger partial charge in [-0.15, -0.1) is 0 Å². The number of unbranched alkanes of at least 4 members (excludes halogenated alkanes) is 36. The second-order valence-corrected chi connectivity index (χ2v) is 30.7. The summed E-state index contributed by atoms with van der Waals surface area (Å²) in [5.41, 5.74) is 0. The summed E-state index contributed by atoms with van der Waals surface area (Å²) in [6, 6.07) is 0. The molecule has 0 aromatic heterocycles. The van der Waals surface area contributed by atoms with E-state index in [1.54, 1.807) is 0 Å². The topological polar surface area (TPSA) is 237 Å². The smallest absolute Gasteiger partial charge is 0.462 e. The third-order valence-electron chi connectivity index (χ3n) is 16.8. The van der Waals surface area contributed by atoms with Crippen molar-refractivity contribution in [2.45, 2.75) is 375 Å². The highest BCUT2D eigenvalue weighted by atomic mass is 31.2. The van der Waals surface area contributed by atoms with E-state index in [4.69, 9.17) is 37.0 Å². The van der Waals surface area contributed by atoms with Crippen molar-refractivity contribution < 1.29 is 80.2 Å². The number of ether oxygens (including phenoxy) is 4. The van der Waals surface area contributed by atoms with Crippen molar-refractivity contribution in [1.29, 1.82) is 0 Å². The van der Waals surface area contributed by atoms with Gasteiger partial charge in [-0.25, -0.2) is 9.13 Å². The summed E-state index contributed by atoms with van der Waals surface area (Å²) in [5, 5.41) is 10.6. The number of aliphatic hydroxyl groups is 1. The maximum absolute atomic E-state index is 13.1. The minimum absolute atomic E-state index is 0.0846. The summed E-state index contributed by atoms with van der Waals surface area (Å²) in [6.07, 6.45) is 53.6. The average Bonchev–Trinajstić information content (AvgIpc) is 1.20. The van der Waals surface area contributed by atoms with Crippen LogP contribution < -0.4 is 0 Å². The molecule has 0 fully saturated rings. The van der Waals surface area contributed by atoms with Crippen molar-refractivity contribution in [2.24, 2.45) is 17.8 Å². The second kappa shape index (κ2) is 65.2. The zero-order chi connectivity index (χ0) is 69.4. The molecule has 0 bridgehead atoms. The molecule has 0 radical (unpaired) electrons. The molecule has 19 heteroatoms. The Labute approximate surface area is 573 Å². The lowest BCUT2D eigenvalue weighted by molar-refractivity contribution is -0.161. The Morgan fingerprint density at radius 1 is 0.330 bits per heavy atom. The van der Waals surface area contributed by atoms with Crippen LogP contribution >= 0.6 is 15.6 Å². The third kappa shape index (κ3) is 68.1. The first-order chi connectivity index (χ1) is 45.2. The van der Waals surface area contributed by atoms with Crippen molar-refractivity contribution in [1.82, 2.24) is 0 Å². The molecular formula is C75H142O17P2. The fourth-order valence-electron chi connectivity index (χ4n) is 10.9. The van der Waals surface area contributed by atoms with E-state index in [0.29, 0.717) is 31.6 Å². The Morgan fingerprint density at radius 3 is 0.862 bits per heavy atom. The number of allylic oxidation sites excluding steroid dienone is 4. The molecule has 94 heavy (non-hydrogen) atoms. The van der Waals surface area contributed by atoms with E-state index < -0.39 is 97.5 Å². The Kier molecular flexibility index (Phi) is 63.5. The summed E-state index contributed by atoms with van der Waals surface area (Å²) in [4.78, 5) is 72.7. The van der Waals surface area contributed by atoms with E-state index in [2.05, 4.69) is 72.8 Å². The monoisotopic (exact) mass is 1380 g/mol.